The molecule has 2 saturated heterocycles. The summed E-state index contributed by atoms with van der Waals surface area (Å²) in [4.78, 5) is 0. The molecule has 2 fully saturated rings. The second-order valence-corrected chi connectivity index (χ2v) is 14.7. The van der Waals surface area contributed by atoms with Gasteiger partial charge in [0.25, 0.3) is 0 Å². The number of hydrogen-bond donors (Lipinski definition) is 1. The number of aromatic hydroxyl groups is 1. The predicted octanol–water partition coefficient (Wildman–Crippen LogP) is 10.8. The molecular formula is C32H45Br3N4O3. The molecule has 10 heteroatoms. The van der Waals surface area contributed by atoms with Crippen molar-refractivity contribution in [2.45, 2.75) is 99.9 Å². The van der Waals surface area contributed by atoms with Crippen molar-refractivity contribution >= 4 is 69.6 Å². The first-order valence-electron chi connectivity index (χ1n) is 14.3. The molecule has 4 aromatic rings. The Morgan fingerprint density at radius 1 is 0.738 bits per heavy atom. The quantitative estimate of drug-likeness (QED) is 0.220. The molecule has 2 aromatic heterocycles. The summed E-state index contributed by atoms with van der Waals surface area (Å²) >= 11 is 10.6. The van der Waals surface area contributed by atoms with Gasteiger partial charge in [-0.15, -0.1) is 0 Å². The van der Waals surface area contributed by atoms with Crippen LogP contribution in [0.1, 0.15) is 97.2 Å². The molecule has 0 radical (unpaired) electrons. The number of ether oxygens (including phenoxy) is 2. The van der Waals surface area contributed by atoms with Crippen LogP contribution in [0.5, 0.6) is 5.75 Å². The summed E-state index contributed by atoms with van der Waals surface area (Å²) in [6.45, 7) is 14.4. The van der Waals surface area contributed by atoms with E-state index in [2.05, 4.69) is 98.7 Å². The minimum atomic E-state index is -0.00349. The molecule has 6 rings (SSSR count). The molecule has 2 unspecified atom stereocenters. The van der Waals surface area contributed by atoms with Crippen molar-refractivity contribution in [2.24, 2.45) is 5.41 Å². The monoisotopic (exact) mass is 770 g/mol. The van der Waals surface area contributed by atoms with E-state index in [4.69, 9.17) is 9.47 Å². The third kappa shape index (κ3) is 8.37. The van der Waals surface area contributed by atoms with E-state index in [1.807, 2.05) is 28.6 Å². The smallest absolute Gasteiger partial charge is 0.150 e. The van der Waals surface area contributed by atoms with Gasteiger partial charge in [0.15, 0.2) is 12.5 Å². The SMILES string of the molecule is C.CC(C)(C)C.Cc1cc2c(cnn2C2CCCCO2)c(Br)c1Br.Cc1cc2c(cnn2C2CCCCO2)c(O)c1Br. The lowest BCUT2D eigenvalue weighted by atomic mass is 10.0. The summed E-state index contributed by atoms with van der Waals surface area (Å²) in [7, 11) is 0. The van der Waals surface area contributed by atoms with Gasteiger partial charge in [-0.3, -0.25) is 0 Å². The van der Waals surface area contributed by atoms with Gasteiger partial charge in [-0.05, 0) is 129 Å². The van der Waals surface area contributed by atoms with Crippen LogP contribution >= 0.6 is 47.8 Å². The lowest BCUT2D eigenvalue weighted by Gasteiger charge is -2.23. The van der Waals surface area contributed by atoms with Crippen LogP contribution < -0.4 is 0 Å². The molecule has 232 valence electrons. The average molecular weight is 773 g/mol. The number of phenols is 1. The van der Waals surface area contributed by atoms with Crippen molar-refractivity contribution in [1.82, 2.24) is 19.6 Å². The van der Waals surface area contributed by atoms with Crippen LogP contribution in [0.15, 0.2) is 37.9 Å². The number of benzene rings is 2. The molecule has 0 aliphatic carbocycles. The minimum absolute atomic E-state index is 0. The van der Waals surface area contributed by atoms with Crippen molar-refractivity contribution in [2.75, 3.05) is 13.2 Å². The maximum Gasteiger partial charge on any atom is 0.150 e. The zero-order chi connectivity index (χ0) is 29.9. The maximum absolute atomic E-state index is 10.1. The molecule has 0 bridgehead atoms. The highest BCUT2D eigenvalue weighted by Gasteiger charge is 2.22. The first kappa shape index (κ1) is 35.0. The van der Waals surface area contributed by atoms with Gasteiger partial charge in [-0.2, -0.15) is 10.2 Å². The van der Waals surface area contributed by atoms with Crippen molar-refractivity contribution in [3.63, 3.8) is 0 Å². The Bertz CT molecular complexity index is 1370. The van der Waals surface area contributed by atoms with E-state index < -0.39 is 0 Å². The third-order valence-electron chi connectivity index (χ3n) is 6.82. The van der Waals surface area contributed by atoms with Crippen LogP contribution in [0, 0.1) is 19.3 Å². The number of nitrogens with zero attached hydrogens (tertiary/aromatic N) is 4. The molecule has 2 aliphatic rings. The van der Waals surface area contributed by atoms with E-state index in [9.17, 15) is 5.11 Å². The highest BCUT2D eigenvalue weighted by atomic mass is 79.9. The Kier molecular flexibility index (Phi) is 12.5. The van der Waals surface area contributed by atoms with E-state index in [-0.39, 0.29) is 25.6 Å². The Labute approximate surface area is 275 Å². The van der Waals surface area contributed by atoms with Gasteiger partial charge in [-0.1, -0.05) is 35.1 Å². The van der Waals surface area contributed by atoms with Gasteiger partial charge in [-0.25, -0.2) is 9.36 Å². The van der Waals surface area contributed by atoms with Crippen LogP contribution in [-0.2, 0) is 9.47 Å². The van der Waals surface area contributed by atoms with E-state index in [0.717, 1.165) is 86.1 Å². The van der Waals surface area contributed by atoms with Crippen molar-refractivity contribution in [3.8, 4) is 5.75 Å². The molecule has 4 heterocycles. The number of aryl methyl sites for hydroxylation is 2. The number of aromatic nitrogens is 4. The lowest BCUT2D eigenvalue weighted by Crippen LogP contribution is -2.18. The predicted molar refractivity (Wildman–Crippen MR) is 183 cm³/mol. The summed E-state index contributed by atoms with van der Waals surface area (Å²) < 4.78 is 18.4. The van der Waals surface area contributed by atoms with Crippen LogP contribution in [0.4, 0.5) is 0 Å². The zero-order valence-electron chi connectivity index (χ0n) is 24.8. The van der Waals surface area contributed by atoms with Crippen LogP contribution in [0.2, 0.25) is 0 Å². The molecule has 0 spiro atoms. The molecular weight excluding hydrogens is 728 g/mol. The van der Waals surface area contributed by atoms with Gasteiger partial charge in [0.1, 0.15) is 5.75 Å². The fourth-order valence-corrected chi connectivity index (χ4v) is 6.08. The highest BCUT2D eigenvalue weighted by molar-refractivity contribution is 9.13. The van der Waals surface area contributed by atoms with Gasteiger partial charge in [0, 0.05) is 27.5 Å². The minimum Gasteiger partial charge on any atom is -0.506 e. The van der Waals surface area contributed by atoms with Gasteiger partial charge >= 0.3 is 0 Å². The van der Waals surface area contributed by atoms with Crippen molar-refractivity contribution in [1.29, 1.82) is 0 Å². The number of hydrogen-bond acceptors (Lipinski definition) is 5. The summed E-state index contributed by atoms with van der Waals surface area (Å²) in [5.74, 6) is 0.257. The first-order chi connectivity index (χ1) is 19.4. The fourth-order valence-electron chi connectivity index (χ4n) is 4.81. The van der Waals surface area contributed by atoms with Crippen LogP contribution in [0.25, 0.3) is 21.8 Å². The zero-order valence-corrected chi connectivity index (χ0v) is 29.6. The second-order valence-electron chi connectivity index (χ2n) is 12.4. The van der Waals surface area contributed by atoms with E-state index in [0.29, 0.717) is 5.41 Å². The Morgan fingerprint density at radius 3 is 1.62 bits per heavy atom. The lowest BCUT2D eigenvalue weighted by molar-refractivity contribution is -0.0367. The molecule has 2 aliphatic heterocycles. The average Bonchev–Trinajstić information content (AvgIpc) is 3.56. The summed E-state index contributed by atoms with van der Waals surface area (Å²) in [5.41, 5.74) is 4.76. The largest absolute Gasteiger partial charge is 0.506 e. The van der Waals surface area contributed by atoms with E-state index in [1.165, 1.54) is 12.0 Å². The molecule has 7 nitrogen and oxygen atoms in total. The number of phenolic OH excluding ortho intramolecular Hbond substituents is 1. The molecule has 0 saturated carbocycles. The Hall–Kier alpha value is -1.46. The molecule has 42 heavy (non-hydrogen) atoms. The molecule has 0 amide bonds. The highest BCUT2D eigenvalue weighted by Crippen LogP contribution is 2.38. The van der Waals surface area contributed by atoms with Gasteiger partial charge < -0.3 is 14.6 Å². The Balaban J connectivity index is 0.000000195. The summed E-state index contributed by atoms with van der Waals surface area (Å²) in [5, 5.41) is 20.9. The van der Waals surface area contributed by atoms with Gasteiger partial charge in [0.05, 0.1) is 33.3 Å². The molecule has 2 aromatic carbocycles. The fraction of sp³-hybridized carbons (Fsp3) is 0.562. The number of halogens is 3. The molecule has 1 N–H and O–H groups in total. The summed E-state index contributed by atoms with van der Waals surface area (Å²) in [6.07, 6.45) is 10.4. The van der Waals surface area contributed by atoms with Crippen molar-refractivity contribution < 1.29 is 14.6 Å². The number of fused-ring (bicyclic) bond motifs is 2. The number of rotatable bonds is 2. The third-order valence-corrected chi connectivity index (χ3v) is 10.2. The van der Waals surface area contributed by atoms with Gasteiger partial charge in [0.2, 0.25) is 0 Å². The van der Waals surface area contributed by atoms with E-state index >= 15 is 0 Å². The standard InChI is InChI=1S/C13H14Br2N2O.C13H15BrN2O2.C5H12.CH4/c1-8-6-10-9(13(15)12(8)14)7-16-17(10)11-4-2-3-5-18-11;1-8-6-10-9(13(17)12(8)14)7-15-16(10)11-4-2-3-5-18-11;1-5(2,3)4;/h6-7,11H,2-5H2,1H3;6-7,11,17H,2-5H2,1H3;1-4H3;1H4. The van der Waals surface area contributed by atoms with E-state index in [1.54, 1.807) is 6.20 Å². The van der Waals surface area contributed by atoms with Crippen molar-refractivity contribution in [3.05, 3.63) is 49.1 Å². The summed E-state index contributed by atoms with van der Waals surface area (Å²) in [6, 6.07) is 4.19. The first-order valence-corrected chi connectivity index (χ1v) is 16.6. The topological polar surface area (TPSA) is 74.3 Å². The molecule has 2 atom stereocenters. The van der Waals surface area contributed by atoms with Crippen LogP contribution in [0.3, 0.4) is 0 Å². The Morgan fingerprint density at radius 2 is 1.17 bits per heavy atom. The maximum atomic E-state index is 10.1. The van der Waals surface area contributed by atoms with Crippen LogP contribution in [-0.4, -0.2) is 37.9 Å². The second kappa shape index (κ2) is 15.0. The normalized spacial score (nSPS) is 19.0.